The number of rotatable bonds is 5. The van der Waals surface area contributed by atoms with E-state index in [0.717, 1.165) is 17.5 Å². The third-order valence-corrected chi connectivity index (χ3v) is 4.92. The van der Waals surface area contributed by atoms with Gasteiger partial charge in [0.1, 0.15) is 5.82 Å². The number of hydrazine groups is 1. The second kappa shape index (κ2) is 7.27. The summed E-state index contributed by atoms with van der Waals surface area (Å²) < 4.78 is 13.1. The summed E-state index contributed by atoms with van der Waals surface area (Å²) in [5.74, 6) is -0.514. The predicted molar refractivity (Wildman–Crippen MR) is 98.8 cm³/mol. The Labute approximate surface area is 151 Å². The molecule has 2 aromatic carbocycles. The number of hydrogen-bond donors (Lipinski definition) is 4. The fraction of sp³-hybridized carbons (Fsp3) is 0.250. The number of para-hydroxylation sites is 1. The molecule has 2 heterocycles. The first-order valence-corrected chi connectivity index (χ1v) is 8.79. The third kappa shape index (κ3) is 3.34. The highest BCUT2D eigenvalue weighted by Crippen LogP contribution is 2.25. The van der Waals surface area contributed by atoms with E-state index in [-0.39, 0.29) is 23.7 Å². The van der Waals surface area contributed by atoms with E-state index in [0.29, 0.717) is 13.1 Å². The molecule has 2 atom stereocenters. The van der Waals surface area contributed by atoms with Gasteiger partial charge in [-0.05, 0) is 35.7 Å². The molecule has 6 heteroatoms. The van der Waals surface area contributed by atoms with Crippen molar-refractivity contribution in [2.24, 2.45) is 5.92 Å². The molecule has 0 spiro atoms. The maximum absolute atomic E-state index is 13.1. The Hall–Kier alpha value is -2.70. The van der Waals surface area contributed by atoms with Gasteiger partial charge in [-0.3, -0.25) is 10.2 Å². The zero-order chi connectivity index (χ0) is 17.9. The number of H-pyrrole nitrogens is 1. The number of carbonyl (C=O) groups is 1. The van der Waals surface area contributed by atoms with Gasteiger partial charge in [0.05, 0.1) is 12.0 Å². The minimum Gasteiger partial charge on any atom is -0.361 e. The van der Waals surface area contributed by atoms with Crippen molar-refractivity contribution in [3.8, 4) is 0 Å². The summed E-state index contributed by atoms with van der Waals surface area (Å²) in [6.07, 6.45) is 2.77. The van der Waals surface area contributed by atoms with E-state index in [2.05, 4.69) is 27.2 Å². The molecule has 2 unspecified atom stereocenters. The molecular weight excluding hydrogens is 331 g/mol. The Morgan fingerprint density at radius 1 is 1.15 bits per heavy atom. The fourth-order valence-corrected chi connectivity index (χ4v) is 3.52. The minimum atomic E-state index is -0.278. The highest BCUT2D eigenvalue weighted by Gasteiger charge is 2.33. The average Bonchev–Trinajstić information content (AvgIpc) is 3.30. The first-order chi connectivity index (χ1) is 12.7. The lowest BCUT2D eigenvalue weighted by atomic mass is 9.94. The van der Waals surface area contributed by atoms with Crippen molar-refractivity contribution < 1.29 is 9.18 Å². The van der Waals surface area contributed by atoms with Gasteiger partial charge < -0.3 is 10.3 Å². The lowest BCUT2D eigenvalue weighted by Gasteiger charge is -2.18. The molecule has 4 N–H and O–H groups in total. The molecule has 0 radical (unpaired) electrons. The van der Waals surface area contributed by atoms with Gasteiger partial charge in [0.15, 0.2) is 0 Å². The van der Waals surface area contributed by atoms with Crippen LogP contribution in [0.1, 0.15) is 17.2 Å². The Morgan fingerprint density at radius 3 is 2.81 bits per heavy atom. The quantitative estimate of drug-likeness (QED) is 0.570. The van der Waals surface area contributed by atoms with Gasteiger partial charge in [0, 0.05) is 30.2 Å². The van der Waals surface area contributed by atoms with Crippen molar-refractivity contribution in [2.45, 2.75) is 12.5 Å². The van der Waals surface area contributed by atoms with Crippen LogP contribution < -0.4 is 16.2 Å². The molecular formula is C20H21FN4O. The van der Waals surface area contributed by atoms with Gasteiger partial charge in [-0.1, -0.05) is 30.3 Å². The third-order valence-electron chi connectivity index (χ3n) is 4.92. The van der Waals surface area contributed by atoms with Crippen LogP contribution in [0.2, 0.25) is 0 Å². The number of aromatic amines is 1. The average molecular weight is 352 g/mol. The first kappa shape index (κ1) is 16.8. The van der Waals surface area contributed by atoms with Gasteiger partial charge in [-0.25, -0.2) is 9.82 Å². The van der Waals surface area contributed by atoms with Crippen LogP contribution in [0.5, 0.6) is 0 Å². The standard InChI is InChI=1S/C20H21FN4O/c21-15-7-5-13(6-8-15)19-17(12-24-25-19)20(26)22-10-9-14-11-23-18-4-2-1-3-16(14)18/h1-8,11,17,19,23-25H,9-10,12H2,(H,22,26). The summed E-state index contributed by atoms with van der Waals surface area (Å²) in [6.45, 7) is 1.12. The second-order valence-corrected chi connectivity index (χ2v) is 6.56. The molecule has 1 aromatic heterocycles. The molecule has 5 nitrogen and oxygen atoms in total. The smallest absolute Gasteiger partial charge is 0.226 e. The Balaban J connectivity index is 1.37. The summed E-state index contributed by atoms with van der Waals surface area (Å²) in [5.41, 5.74) is 9.34. The number of aromatic nitrogens is 1. The number of amides is 1. The maximum Gasteiger partial charge on any atom is 0.226 e. The van der Waals surface area contributed by atoms with E-state index >= 15 is 0 Å². The molecule has 1 saturated heterocycles. The molecule has 26 heavy (non-hydrogen) atoms. The molecule has 0 bridgehead atoms. The van der Waals surface area contributed by atoms with E-state index in [9.17, 15) is 9.18 Å². The van der Waals surface area contributed by atoms with Gasteiger partial charge >= 0.3 is 0 Å². The molecule has 1 fully saturated rings. The van der Waals surface area contributed by atoms with Gasteiger partial charge in [0.2, 0.25) is 5.91 Å². The van der Waals surface area contributed by atoms with Gasteiger partial charge in [0.25, 0.3) is 0 Å². The topological polar surface area (TPSA) is 69.0 Å². The van der Waals surface area contributed by atoms with E-state index in [1.165, 1.54) is 23.1 Å². The van der Waals surface area contributed by atoms with Crippen molar-refractivity contribution in [3.63, 3.8) is 0 Å². The largest absolute Gasteiger partial charge is 0.361 e. The lowest BCUT2D eigenvalue weighted by Crippen LogP contribution is -2.36. The normalized spacial score (nSPS) is 19.7. The van der Waals surface area contributed by atoms with E-state index in [1.54, 1.807) is 12.1 Å². The molecule has 4 rings (SSSR count). The van der Waals surface area contributed by atoms with Crippen LogP contribution in [0.4, 0.5) is 4.39 Å². The Morgan fingerprint density at radius 2 is 1.96 bits per heavy atom. The number of hydrogen-bond acceptors (Lipinski definition) is 3. The molecule has 1 aliphatic heterocycles. The number of benzene rings is 2. The van der Waals surface area contributed by atoms with Crippen LogP contribution in [-0.4, -0.2) is 24.0 Å². The number of halogens is 1. The monoisotopic (exact) mass is 352 g/mol. The first-order valence-electron chi connectivity index (χ1n) is 8.79. The van der Waals surface area contributed by atoms with Gasteiger partial charge in [-0.2, -0.15) is 0 Å². The highest BCUT2D eigenvalue weighted by molar-refractivity contribution is 5.83. The summed E-state index contributed by atoms with van der Waals surface area (Å²) in [4.78, 5) is 15.9. The van der Waals surface area contributed by atoms with Crippen molar-refractivity contribution >= 4 is 16.8 Å². The Kier molecular flexibility index (Phi) is 4.69. The highest BCUT2D eigenvalue weighted by atomic mass is 19.1. The molecule has 1 aliphatic rings. The molecule has 134 valence electrons. The van der Waals surface area contributed by atoms with Crippen LogP contribution >= 0.6 is 0 Å². The van der Waals surface area contributed by atoms with Crippen LogP contribution in [-0.2, 0) is 11.2 Å². The number of nitrogens with one attached hydrogen (secondary N) is 4. The molecule has 3 aromatic rings. The summed E-state index contributed by atoms with van der Waals surface area (Å²) in [5, 5.41) is 4.22. The zero-order valence-corrected chi connectivity index (χ0v) is 14.3. The van der Waals surface area contributed by atoms with Crippen molar-refractivity contribution in [1.29, 1.82) is 0 Å². The Bertz CT molecular complexity index is 906. The molecule has 0 aliphatic carbocycles. The van der Waals surface area contributed by atoms with E-state index < -0.39 is 0 Å². The van der Waals surface area contributed by atoms with Crippen molar-refractivity contribution in [1.82, 2.24) is 21.2 Å². The number of carbonyl (C=O) groups excluding carboxylic acids is 1. The van der Waals surface area contributed by atoms with Crippen LogP contribution in [0.15, 0.2) is 54.7 Å². The molecule has 1 amide bonds. The van der Waals surface area contributed by atoms with Gasteiger partial charge in [-0.15, -0.1) is 0 Å². The fourth-order valence-electron chi connectivity index (χ4n) is 3.52. The molecule has 0 saturated carbocycles. The van der Waals surface area contributed by atoms with Crippen LogP contribution in [0, 0.1) is 11.7 Å². The SMILES string of the molecule is O=C(NCCc1c[nH]c2ccccc12)C1CNNC1c1ccc(F)cc1. The summed E-state index contributed by atoms with van der Waals surface area (Å²) >= 11 is 0. The predicted octanol–water partition coefficient (Wildman–Crippen LogP) is 2.43. The number of fused-ring (bicyclic) bond motifs is 1. The summed E-state index contributed by atoms with van der Waals surface area (Å²) in [7, 11) is 0. The van der Waals surface area contributed by atoms with Crippen LogP contribution in [0.3, 0.4) is 0 Å². The zero-order valence-electron chi connectivity index (χ0n) is 14.3. The maximum atomic E-state index is 13.1. The second-order valence-electron chi connectivity index (χ2n) is 6.56. The minimum absolute atomic E-state index is 0.00309. The van der Waals surface area contributed by atoms with E-state index in [1.807, 2.05) is 24.4 Å². The van der Waals surface area contributed by atoms with E-state index in [4.69, 9.17) is 0 Å². The van der Waals surface area contributed by atoms with Crippen molar-refractivity contribution in [2.75, 3.05) is 13.1 Å². The summed E-state index contributed by atoms with van der Waals surface area (Å²) in [6, 6.07) is 14.2. The van der Waals surface area contributed by atoms with Crippen molar-refractivity contribution in [3.05, 3.63) is 71.7 Å². The van der Waals surface area contributed by atoms with Crippen LogP contribution in [0.25, 0.3) is 10.9 Å². The lowest BCUT2D eigenvalue weighted by molar-refractivity contribution is -0.124.